The molecule has 0 atom stereocenters. The number of aromatic nitrogens is 1. The predicted octanol–water partition coefficient (Wildman–Crippen LogP) is 5.04. The summed E-state index contributed by atoms with van der Waals surface area (Å²) in [7, 11) is 0. The quantitative estimate of drug-likeness (QED) is 0.673. The Morgan fingerprint density at radius 3 is 2.43 bits per heavy atom. The van der Waals surface area contributed by atoms with Gasteiger partial charge in [-0.3, -0.25) is 0 Å². The number of fused-ring (bicyclic) bond motifs is 1. The van der Waals surface area contributed by atoms with Gasteiger partial charge in [0.1, 0.15) is 5.52 Å². The standard InChI is InChI=1S/C16H14Cl2N2O/c1-16(2,9-3-5-11(19)6-4-9)15-20-13-8-10(17)7-12(18)14(13)21-15/h3-8H,19H2,1-2H3. The van der Waals surface area contributed by atoms with Crippen molar-refractivity contribution >= 4 is 40.0 Å². The van der Waals surface area contributed by atoms with Crippen LogP contribution in [0.4, 0.5) is 5.69 Å². The van der Waals surface area contributed by atoms with Gasteiger partial charge in [-0.25, -0.2) is 4.98 Å². The molecule has 1 aromatic heterocycles. The van der Waals surface area contributed by atoms with Crippen LogP contribution in [0.1, 0.15) is 25.3 Å². The van der Waals surface area contributed by atoms with Gasteiger partial charge in [-0.1, -0.05) is 35.3 Å². The number of rotatable bonds is 2. The highest BCUT2D eigenvalue weighted by Gasteiger charge is 2.29. The number of nitrogens with zero attached hydrogens (tertiary/aromatic N) is 1. The summed E-state index contributed by atoms with van der Waals surface area (Å²) in [6.45, 7) is 4.08. The van der Waals surface area contributed by atoms with Gasteiger partial charge in [-0.05, 0) is 43.7 Å². The van der Waals surface area contributed by atoms with Gasteiger partial charge in [-0.2, -0.15) is 0 Å². The molecular formula is C16H14Cl2N2O. The van der Waals surface area contributed by atoms with E-state index in [0.717, 1.165) is 11.3 Å². The normalized spacial score (nSPS) is 12.0. The minimum absolute atomic E-state index is 0.400. The highest BCUT2D eigenvalue weighted by molar-refractivity contribution is 6.37. The number of benzene rings is 2. The zero-order valence-corrected chi connectivity index (χ0v) is 13.2. The zero-order chi connectivity index (χ0) is 15.2. The van der Waals surface area contributed by atoms with E-state index in [2.05, 4.69) is 4.98 Å². The molecule has 21 heavy (non-hydrogen) atoms. The molecule has 0 amide bonds. The molecular weight excluding hydrogens is 307 g/mol. The van der Waals surface area contributed by atoms with Gasteiger partial charge >= 0.3 is 0 Å². The lowest BCUT2D eigenvalue weighted by molar-refractivity contribution is 0.433. The molecule has 0 aliphatic carbocycles. The number of halogens is 2. The highest BCUT2D eigenvalue weighted by Crippen LogP contribution is 2.36. The van der Waals surface area contributed by atoms with Crippen molar-refractivity contribution in [2.45, 2.75) is 19.3 Å². The first kappa shape index (κ1) is 14.2. The number of nitrogen functional groups attached to an aromatic ring is 1. The van der Waals surface area contributed by atoms with Gasteiger partial charge < -0.3 is 10.2 Å². The van der Waals surface area contributed by atoms with Crippen LogP contribution in [0, 0.1) is 0 Å². The summed E-state index contributed by atoms with van der Waals surface area (Å²) < 4.78 is 5.87. The molecule has 3 nitrogen and oxygen atoms in total. The second-order valence-corrected chi connectivity index (χ2v) is 6.35. The van der Waals surface area contributed by atoms with Crippen molar-refractivity contribution in [3.8, 4) is 0 Å². The molecule has 0 bridgehead atoms. The molecule has 0 unspecified atom stereocenters. The molecule has 0 aliphatic rings. The van der Waals surface area contributed by atoms with Crippen molar-refractivity contribution in [2.75, 3.05) is 5.73 Å². The predicted molar refractivity (Wildman–Crippen MR) is 87.0 cm³/mol. The second kappa shape index (κ2) is 4.93. The number of anilines is 1. The maximum atomic E-state index is 6.16. The Labute approximate surface area is 132 Å². The zero-order valence-electron chi connectivity index (χ0n) is 11.7. The van der Waals surface area contributed by atoms with Crippen LogP contribution in [0.2, 0.25) is 10.0 Å². The van der Waals surface area contributed by atoms with Crippen LogP contribution in [0.3, 0.4) is 0 Å². The molecule has 3 rings (SSSR count). The van der Waals surface area contributed by atoms with E-state index in [1.54, 1.807) is 12.1 Å². The second-order valence-electron chi connectivity index (χ2n) is 5.50. The van der Waals surface area contributed by atoms with E-state index < -0.39 is 5.41 Å². The summed E-state index contributed by atoms with van der Waals surface area (Å²) in [4.78, 5) is 4.54. The van der Waals surface area contributed by atoms with E-state index in [0.29, 0.717) is 27.0 Å². The third-order valence-corrected chi connectivity index (χ3v) is 4.08. The Morgan fingerprint density at radius 2 is 1.76 bits per heavy atom. The summed E-state index contributed by atoms with van der Waals surface area (Å²) in [5.74, 6) is 0.589. The molecule has 0 spiro atoms. The third kappa shape index (κ3) is 2.47. The van der Waals surface area contributed by atoms with E-state index >= 15 is 0 Å². The number of nitrogens with two attached hydrogens (primary N) is 1. The van der Waals surface area contributed by atoms with Crippen molar-refractivity contribution in [1.29, 1.82) is 0 Å². The van der Waals surface area contributed by atoms with E-state index in [1.807, 2.05) is 38.1 Å². The summed E-state index contributed by atoms with van der Waals surface area (Å²) in [6, 6.07) is 11.1. The molecule has 3 aromatic rings. The number of hydrogen-bond donors (Lipinski definition) is 1. The van der Waals surface area contributed by atoms with Crippen LogP contribution in [0.25, 0.3) is 11.1 Å². The molecule has 0 fully saturated rings. The lowest BCUT2D eigenvalue weighted by atomic mass is 9.84. The minimum Gasteiger partial charge on any atom is -0.438 e. The molecule has 108 valence electrons. The van der Waals surface area contributed by atoms with Crippen LogP contribution >= 0.6 is 23.2 Å². The van der Waals surface area contributed by atoms with E-state index in [1.165, 1.54) is 0 Å². The van der Waals surface area contributed by atoms with Gasteiger partial charge in [0.25, 0.3) is 0 Å². The van der Waals surface area contributed by atoms with E-state index in [-0.39, 0.29) is 0 Å². The Hall–Kier alpha value is -1.71. The average molecular weight is 321 g/mol. The largest absolute Gasteiger partial charge is 0.438 e. The summed E-state index contributed by atoms with van der Waals surface area (Å²) in [6.07, 6.45) is 0. The van der Waals surface area contributed by atoms with E-state index in [4.69, 9.17) is 33.4 Å². The maximum absolute atomic E-state index is 6.16. The fraction of sp³-hybridized carbons (Fsp3) is 0.188. The SMILES string of the molecule is CC(C)(c1ccc(N)cc1)c1nc2cc(Cl)cc(Cl)c2o1. The van der Waals surface area contributed by atoms with Crippen LogP contribution in [-0.2, 0) is 5.41 Å². The molecule has 0 aliphatic heterocycles. The van der Waals surface area contributed by atoms with Crippen molar-refractivity contribution in [2.24, 2.45) is 0 Å². The smallest absolute Gasteiger partial charge is 0.205 e. The Bertz CT molecular complexity index is 807. The minimum atomic E-state index is -0.400. The first-order chi connectivity index (χ1) is 9.88. The molecule has 2 N–H and O–H groups in total. The fourth-order valence-electron chi connectivity index (χ4n) is 2.25. The molecule has 0 saturated heterocycles. The van der Waals surface area contributed by atoms with E-state index in [9.17, 15) is 0 Å². The van der Waals surface area contributed by atoms with Gasteiger partial charge in [0.05, 0.1) is 10.4 Å². The van der Waals surface area contributed by atoms with Gasteiger partial charge in [0.2, 0.25) is 5.89 Å². The van der Waals surface area contributed by atoms with Gasteiger partial charge in [-0.15, -0.1) is 0 Å². The third-order valence-electron chi connectivity index (χ3n) is 3.58. The Morgan fingerprint density at radius 1 is 1.10 bits per heavy atom. The van der Waals surface area contributed by atoms with Crippen molar-refractivity contribution in [1.82, 2.24) is 4.98 Å². The Kier molecular flexibility index (Phi) is 3.34. The monoisotopic (exact) mass is 320 g/mol. The Balaban J connectivity index is 2.14. The summed E-state index contributed by atoms with van der Waals surface area (Å²) in [5, 5.41) is 1.00. The van der Waals surface area contributed by atoms with Gasteiger partial charge in [0, 0.05) is 10.7 Å². The lowest BCUT2D eigenvalue weighted by Crippen LogP contribution is -2.19. The van der Waals surface area contributed by atoms with Crippen molar-refractivity contribution in [3.63, 3.8) is 0 Å². The summed E-state index contributed by atoms with van der Waals surface area (Å²) in [5.41, 5.74) is 8.33. The molecule has 0 radical (unpaired) electrons. The molecule has 0 saturated carbocycles. The van der Waals surface area contributed by atoms with Crippen LogP contribution in [0.5, 0.6) is 0 Å². The first-order valence-corrected chi connectivity index (χ1v) is 7.25. The van der Waals surface area contributed by atoms with Crippen molar-refractivity contribution in [3.05, 3.63) is 57.9 Å². The lowest BCUT2D eigenvalue weighted by Gasteiger charge is -2.21. The summed E-state index contributed by atoms with van der Waals surface area (Å²) >= 11 is 12.2. The average Bonchev–Trinajstić information content (AvgIpc) is 2.84. The topological polar surface area (TPSA) is 52.0 Å². The van der Waals surface area contributed by atoms with Crippen LogP contribution < -0.4 is 5.73 Å². The number of hydrogen-bond acceptors (Lipinski definition) is 3. The fourth-order valence-corrected chi connectivity index (χ4v) is 2.77. The number of oxazole rings is 1. The highest BCUT2D eigenvalue weighted by atomic mass is 35.5. The molecule has 1 heterocycles. The van der Waals surface area contributed by atoms with Crippen LogP contribution in [-0.4, -0.2) is 4.98 Å². The molecule has 5 heteroatoms. The first-order valence-electron chi connectivity index (χ1n) is 6.50. The van der Waals surface area contributed by atoms with Gasteiger partial charge in [0.15, 0.2) is 5.58 Å². The molecule has 2 aromatic carbocycles. The maximum Gasteiger partial charge on any atom is 0.205 e. The van der Waals surface area contributed by atoms with Crippen LogP contribution in [0.15, 0.2) is 40.8 Å². The van der Waals surface area contributed by atoms with Crippen molar-refractivity contribution < 1.29 is 4.42 Å².